The summed E-state index contributed by atoms with van der Waals surface area (Å²) < 4.78 is 12.5. The summed E-state index contributed by atoms with van der Waals surface area (Å²) in [6, 6.07) is 9.36. The second-order valence-electron chi connectivity index (χ2n) is 5.97. The molecule has 3 rings (SSSR count). The molecule has 1 N–H and O–H groups in total. The van der Waals surface area contributed by atoms with Gasteiger partial charge in [0.2, 0.25) is 0 Å². The van der Waals surface area contributed by atoms with Crippen molar-refractivity contribution in [1.82, 2.24) is 9.78 Å². The summed E-state index contributed by atoms with van der Waals surface area (Å²) in [5, 5.41) is 7.27. The lowest BCUT2D eigenvalue weighted by atomic mass is 9.96. The van der Waals surface area contributed by atoms with Crippen LogP contribution in [0.3, 0.4) is 0 Å². The number of carbonyl (C=O) groups excluding carboxylic acids is 1. The van der Waals surface area contributed by atoms with Gasteiger partial charge >= 0.3 is 0 Å². The SMILES string of the molecule is COc1ccc(OCC(=O)Nc2ccnn2C2CCCCC2)cc1. The number of benzene rings is 1. The maximum absolute atomic E-state index is 12.1. The van der Waals surface area contributed by atoms with Crippen molar-refractivity contribution in [3.63, 3.8) is 0 Å². The first-order valence-electron chi connectivity index (χ1n) is 8.36. The Balaban J connectivity index is 1.54. The fourth-order valence-corrected chi connectivity index (χ4v) is 3.03. The van der Waals surface area contributed by atoms with Gasteiger partial charge in [-0.05, 0) is 37.1 Å². The molecule has 128 valence electrons. The monoisotopic (exact) mass is 329 g/mol. The smallest absolute Gasteiger partial charge is 0.263 e. The third-order valence-electron chi connectivity index (χ3n) is 4.29. The highest BCUT2D eigenvalue weighted by molar-refractivity contribution is 5.91. The Morgan fingerprint density at radius 1 is 1.17 bits per heavy atom. The minimum absolute atomic E-state index is 0.0395. The lowest BCUT2D eigenvalue weighted by Gasteiger charge is -2.23. The highest BCUT2D eigenvalue weighted by Gasteiger charge is 2.19. The van der Waals surface area contributed by atoms with E-state index < -0.39 is 0 Å². The third-order valence-corrected chi connectivity index (χ3v) is 4.29. The zero-order valence-corrected chi connectivity index (χ0v) is 13.9. The Hall–Kier alpha value is -2.50. The molecule has 0 radical (unpaired) electrons. The predicted octanol–water partition coefficient (Wildman–Crippen LogP) is 3.41. The number of nitrogens with zero attached hydrogens (tertiary/aromatic N) is 2. The molecule has 24 heavy (non-hydrogen) atoms. The molecule has 0 aliphatic heterocycles. The Bertz CT molecular complexity index is 660. The van der Waals surface area contributed by atoms with Gasteiger partial charge in [-0.25, -0.2) is 4.68 Å². The van der Waals surface area contributed by atoms with Crippen LogP contribution in [-0.4, -0.2) is 29.4 Å². The van der Waals surface area contributed by atoms with Gasteiger partial charge in [0.1, 0.15) is 17.3 Å². The van der Waals surface area contributed by atoms with E-state index in [2.05, 4.69) is 10.4 Å². The van der Waals surface area contributed by atoms with Crippen LogP contribution >= 0.6 is 0 Å². The van der Waals surface area contributed by atoms with Crippen molar-refractivity contribution in [2.45, 2.75) is 38.1 Å². The van der Waals surface area contributed by atoms with E-state index in [0.29, 0.717) is 11.8 Å². The molecule has 2 aromatic rings. The fourth-order valence-electron chi connectivity index (χ4n) is 3.03. The number of carbonyl (C=O) groups is 1. The maximum atomic E-state index is 12.1. The standard InChI is InChI=1S/C18H23N3O3/c1-23-15-7-9-16(10-8-15)24-13-18(22)20-17-11-12-19-21(17)14-5-3-2-4-6-14/h7-12,14H,2-6,13H2,1H3,(H,20,22). The summed E-state index contributed by atoms with van der Waals surface area (Å²) in [5.41, 5.74) is 0. The number of rotatable bonds is 6. The summed E-state index contributed by atoms with van der Waals surface area (Å²) in [4.78, 5) is 12.1. The zero-order valence-electron chi connectivity index (χ0n) is 13.9. The van der Waals surface area contributed by atoms with Crippen molar-refractivity contribution in [1.29, 1.82) is 0 Å². The van der Waals surface area contributed by atoms with E-state index in [9.17, 15) is 4.79 Å². The number of amides is 1. The van der Waals surface area contributed by atoms with Crippen molar-refractivity contribution < 1.29 is 14.3 Å². The number of aromatic nitrogens is 2. The Morgan fingerprint density at radius 3 is 2.58 bits per heavy atom. The molecule has 1 aliphatic rings. The second-order valence-corrected chi connectivity index (χ2v) is 5.97. The van der Waals surface area contributed by atoms with E-state index in [0.717, 1.165) is 24.4 Å². The van der Waals surface area contributed by atoms with E-state index in [4.69, 9.17) is 9.47 Å². The minimum Gasteiger partial charge on any atom is -0.497 e. The molecule has 1 aromatic heterocycles. The van der Waals surface area contributed by atoms with Crippen LogP contribution in [0.2, 0.25) is 0 Å². The summed E-state index contributed by atoms with van der Waals surface area (Å²) in [5.74, 6) is 1.93. The van der Waals surface area contributed by atoms with Crippen LogP contribution in [0.4, 0.5) is 5.82 Å². The average molecular weight is 329 g/mol. The number of ether oxygens (including phenoxy) is 2. The molecule has 6 nitrogen and oxygen atoms in total. The molecule has 0 spiro atoms. The number of methoxy groups -OCH3 is 1. The topological polar surface area (TPSA) is 65.4 Å². The van der Waals surface area contributed by atoms with Gasteiger partial charge in [-0.2, -0.15) is 5.10 Å². The van der Waals surface area contributed by atoms with Gasteiger partial charge in [0, 0.05) is 6.07 Å². The van der Waals surface area contributed by atoms with E-state index in [1.165, 1.54) is 19.3 Å². The largest absolute Gasteiger partial charge is 0.497 e. The molecule has 1 heterocycles. The van der Waals surface area contributed by atoms with E-state index in [-0.39, 0.29) is 12.5 Å². The predicted molar refractivity (Wildman–Crippen MR) is 91.5 cm³/mol. The molecule has 0 atom stereocenters. The van der Waals surface area contributed by atoms with Gasteiger partial charge in [-0.15, -0.1) is 0 Å². The van der Waals surface area contributed by atoms with Crippen molar-refractivity contribution in [3.8, 4) is 11.5 Å². The van der Waals surface area contributed by atoms with E-state index in [1.54, 1.807) is 37.6 Å². The van der Waals surface area contributed by atoms with E-state index >= 15 is 0 Å². The zero-order chi connectivity index (χ0) is 16.8. The summed E-state index contributed by atoms with van der Waals surface area (Å²) in [6.07, 6.45) is 7.69. The average Bonchev–Trinajstić information content (AvgIpc) is 3.09. The number of hydrogen-bond donors (Lipinski definition) is 1. The van der Waals surface area contributed by atoms with Crippen LogP contribution < -0.4 is 14.8 Å². The Kier molecular flexibility index (Phi) is 5.36. The molecular formula is C18H23N3O3. The van der Waals surface area contributed by atoms with E-state index in [1.807, 2.05) is 10.7 Å². The highest BCUT2D eigenvalue weighted by Crippen LogP contribution is 2.29. The maximum Gasteiger partial charge on any atom is 0.263 e. The van der Waals surface area contributed by atoms with Crippen LogP contribution in [0.15, 0.2) is 36.5 Å². The van der Waals surface area contributed by atoms with Crippen LogP contribution in [0.1, 0.15) is 38.1 Å². The number of hydrogen-bond acceptors (Lipinski definition) is 4. The van der Waals surface area contributed by atoms with Gasteiger partial charge < -0.3 is 14.8 Å². The lowest BCUT2D eigenvalue weighted by molar-refractivity contribution is -0.118. The molecule has 0 unspecified atom stereocenters. The van der Waals surface area contributed by atoms with Crippen molar-refractivity contribution in [3.05, 3.63) is 36.5 Å². The first-order valence-corrected chi connectivity index (χ1v) is 8.36. The molecule has 6 heteroatoms. The molecule has 1 saturated carbocycles. The molecule has 1 amide bonds. The number of nitrogens with one attached hydrogen (secondary N) is 1. The second kappa shape index (κ2) is 7.86. The highest BCUT2D eigenvalue weighted by atomic mass is 16.5. The molecule has 1 aromatic carbocycles. The normalized spacial score (nSPS) is 15.0. The van der Waals surface area contributed by atoms with Crippen LogP contribution in [0.5, 0.6) is 11.5 Å². The van der Waals surface area contributed by atoms with Crippen LogP contribution in [0, 0.1) is 0 Å². The summed E-state index contributed by atoms with van der Waals surface area (Å²) in [6.45, 7) is -0.0395. The van der Waals surface area contributed by atoms with Gasteiger partial charge in [-0.1, -0.05) is 19.3 Å². The van der Waals surface area contributed by atoms with Gasteiger partial charge in [0.15, 0.2) is 6.61 Å². The van der Waals surface area contributed by atoms with Crippen molar-refractivity contribution in [2.24, 2.45) is 0 Å². The van der Waals surface area contributed by atoms with Crippen molar-refractivity contribution >= 4 is 11.7 Å². The van der Waals surface area contributed by atoms with Gasteiger partial charge in [0.25, 0.3) is 5.91 Å². The van der Waals surface area contributed by atoms with Crippen molar-refractivity contribution in [2.75, 3.05) is 19.0 Å². The molecule has 1 fully saturated rings. The van der Waals surface area contributed by atoms with Crippen LogP contribution in [-0.2, 0) is 4.79 Å². The lowest BCUT2D eigenvalue weighted by Crippen LogP contribution is -2.24. The van der Waals surface area contributed by atoms with Gasteiger partial charge in [-0.3, -0.25) is 4.79 Å². The van der Waals surface area contributed by atoms with Gasteiger partial charge in [0.05, 0.1) is 19.3 Å². The molecular weight excluding hydrogens is 306 g/mol. The summed E-state index contributed by atoms with van der Waals surface area (Å²) in [7, 11) is 1.61. The Morgan fingerprint density at radius 2 is 1.88 bits per heavy atom. The molecule has 0 saturated heterocycles. The quantitative estimate of drug-likeness (QED) is 0.882. The molecule has 0 bridgehead atoms. The fraction of sp³-hybridized carbons (Fsp3) is 0.444. The third kappa shape index (κ3) is 4.07. The number of anilines is 1. The molecule has 1 aliphatic carbocycles. The first kappa shape index (κ1) is 16.4. The van der Waals surface area contributed by atoms with Crippen LogP contribution in [0.25, 0.3) is 0 Å². The first-order chi connectivity index (χ1) is 11.8. The summed E-state index contributed by atoms with van der Waals surface area (Å²) >= 11 is 0. The Labute approximate surface area is 141 Å². The minimum atomic E-state index is -0.191.